The third kappa shape index (κ3) is 2.76. The number of fused-ring (bicyclic) bond motifs is 1. The maximum absolute atomic E-state index is 6.28. The van der Waals surface area contributed by atoms with Gasteiger partial charge in [-0.2, -0.15) is 0 Å². The Morgan fingerprint density at radius 3 is 2.90 bits per heavy atom. The zero-order valence-corrected chi connectivity index (χ0v) is 12.8. The molecule has 0 aliphatic carbocycles. The molecule has 0 aliphatic rings. The summed E-state index contributed by atoms with van der Waals surface area (Å²) in [5, 5.41) is -0.153. The molecular weight excluding hydrogens is 288 g/mol. The van der Waals surface area contributed by atoms with Crippen molar-refractivity contribution >= 4 is 22.6 Å². The molecule has 1 atom stereocenters. The summed E-state index contributed by atoms with van der Waals surface area (Å²) in [5.41, 5.74) is 1.96. The van der Waals surface area contributed by atoms with E-state index in [1.807, 2.05) is 37.3 Å². The minimum Gasteiger partial charge on any atom is -0.497 e. The lowest BCUT2D eigenvalue weighted by atomic mass is 10.2. The Kier molecular flexibility index (Phi) is 3.88. The Labute approximate surface area is 128 Å². The van der Waals surface area contributed by atoms with Gasteiger partial charge < -0.3 is 13.7 Å². The number of rotatable bonds is 5. The molecule has 21 heavy (non-hydrogen) atoms. The highest BCUT2D eigenvalue weighted by molar-refractivity contribution is 6.20. The van der Waals surface area contributed by atoms with Crippen LogP contribution in [0.4, 0.5) is 0 Å². The quantitative estimate of drug-likeness (QED) is 0.664. The second kappa shape index (κ2) is 5.82. The van der Waals surface area contributed by atoms with Crippen LogP contribution in [0.2, 0.25) is 0 Å². The minimum atomic E-state index is -0.153. The molecule has 2 heterocycles. The molecule has 4 nitrogen and oxygen atoms in total. The summed E-state index contributed by atoms with van der Waals surface area (Å²) in [5.74, 6) is 2.62. The van der Waals surface area contributed by atoms with E-state index in [-0.39, 0.29) is 5.38 Å². The lowest BCUT2D eigenvalue weighted by Gasteiger charge is -2.09. The average Bonchev–Trinajstić information content (AvgIpc) is 3.11. The summed E-state index contributed by atoms with van der Waals surface area (Å²) in [4.78, 5) is 4.64. The maximum atomic E-state index is 6.28. The number of aryl methyl sites for hydroxylation is 2. The van der Waals surface area contributed by atoms with Crippen LogP contribution >= 0.6 is 11.6 Å². The lowest BCUT2D eigenvalue weighted by Crippen LogP contribution is -2.06. The Morgan fingerprint density at radius 2 is 2.24 bits per heavy atom. The van der Waals surface area contributed by atoms with Gasteiger partial charge in [-0.05, 0) is 31.2 Å². The van der Waals surface area contributed by atoms with E-state index in [1.165, 1.54) is 0 Å². The van der Waals surface area contributed by atoms with Crippen molar-refractivity contribution in [2.24, 2.45) is 0 Å². The Hall–Kier alpha value is -1.94. The van der Waals surface area contributed by atoms with E-state index < -0.39 is 0 Å². The van der Waals surface area contributed by atoms with E-state index in [1.54, 1.807) is 13.4 Å². The van der Waals surface area contributed by atoms with Gasteiger partial charge >= 0.3 is 0 Å². The maximum Gasteiger partial charge on any atom is 0.127 e. The molecule has 1 unspecified atom stereocenters. The molecular formula is C16H17ClN2O2. The molecule has 0 radical (unpaired) electrons. The van der Waals surface area contributed by atoms with Crippen molar-refractivity contribution < 1.29 is 9.15 Å². The van der Waals surface area contributed by atoms with Crippen molar-refractivity contribution in [3.05, 3.63) is 48.2 Å². The molecule has 5 heteroatoms. The predicted molar refractivity (Wildman–Crippen MR) is 83.0 cm³/mol. The topological polar surface area (TPSA) is 40.2 Å². The summed E-state index contributed by atoms with van der Waals surface area (Å²) < 4.78 is 12.8. The van der Waals surface area contributed by atoms with Crippen molar-refractivity contribution in [1.82, 2.24) is 9.55 Å². The van der Waals surface area contributed by atoms with Gasteiger partial charge in [0.1, 0.15) is 17.3 Å². The number of aromatic nitrogens is 2. The molecule has 0 N–H and O–H groups in total. The Morgan fingerprint density at radius 1 is 1.38 bits per heavy atom. The number of imidazole rings is 1. The zero-order valence-electron chi connectivity index (χ0n) is 12.0. The largest absolute Gasteiger partial charge is 0.497 e. The van der Waals surface area contributed by atoms with Crippen molar-refractivity contribution in [3.63, 3.8) is 0 Å². The fourth-order valence-corrected chi connectivity index (χ4v) is 2.64. The first-order valence-electron chi connectivity index (χ1n) is 6.89. The van der Waals surface area contributed by atoms with Gasteiger partial charge in [0.15, 0.2) is 0 Å². The van der Waals surface area contributed by atoms with Crippen LogP contribution < -0.4 is 4.74 Å². The van der Waals surface area contributed by atoms with Crippen LogP contribution in [0.25, 0.3) is 11.0 Å². The third-order valence-corrected chi connectivity index (χ3v) is 3.70. The number of alkyl halides is 1. The van der Waals surface area contributed by atoms with E-state index in [9.17, 15) is 0 Å². The summed E-state index contributed by atoms with van der Waals surface area (Å²) >= 11 is 6.28. The van der Waals surface area contributed by atoms with Crippen LogP contribution in [0.15, 0.2) is 41.0 Å². The van der Waals surface area contributed by atoms with E-state index in [0.717, 1.165) is 41.3 Å². The van der Waals surface area contributed by atoms with Gasteiger partial charge in [-0.1, -0.05) is 0 Å². The normalized spacial score (nSPS) is 12.7. The first-order valence-corrected chi connectivity index (χ1v) is 7.33. The molecule has 0 bridgehead atoms. The number of benzene rings is 1. The SMILES string of the molecule is COc1ccc2c(c1)nc(C(C)Cl)n2CCc1ccco1. The number of hydrogen-bond acceptors (Lipinski definition) is 3. The van der Waals surface area contributed by atoms with Crippen molar-refractivity contribution in [3.8, 4) is 5.75 Å². The van der Waals surface area contributed by atoms with Crippen LogP contribution in [-0.2, 0) is 13.0 Å². The van der Waals surface area contributed by atoms with Crippen LogP contribution in [0, 0.1) is 0 Å². The van der Waals surface area contributed by atoms with Crippen molar-refractivity contribution in [1.29, 1.82) is 0 Å². The lowest BCUT2D eigenvalue weighted by molar-refractivity contribution is 0.415. The molecule has 0 aliphatic heterocycles. The van der Waals surface area contributed by atoms with Gasteiger partial charge in [0.2, 0.25) is 0 Å². The summed E-state index contributed by atoms with van der Waals surface area (Å²) in [7, 11) is 1.65. The zero-order chi connectivity index (χ0) is 14.8. The van der Waals surface area contributed by atoms with E-state index >= 15 is 0 Å². The number of furan rings is 1. The van der Waals surface area contributed by atoms with Gasteiger partial charge in [0, 0.05) is 19.0 Å². The van der Waals surface area contributed by atoms with Gasteiger partial charge in [-0.25, -0.2) is 4.98 Å². The van der Waals surface area contributed by atoms with Gasteiger partial charge in [0.25, 0.3) is 0 Å². The fraction of sp³-hybridized carbons (Fsp3) is 0.312. The molecule has 3 aromatic rings. The summed E-state index contributed by atoms with van der Waals surface area (Å²) in [6, 6.07) is 9.77. The summed E-state index contributed by atoms with van der Waals surface area (Å²) in [6.07, 6.45) is 2.50. The van der Waals surface area contributed by atoms with Crippen LogP contribution in [0.3, 0.4) is 0 Å². The summed E-state index contributed by atoms with van der Waals surface area (Å²) in [6.45, 7) is 2.71. The van der Waals surface area contributed by atoms with E-state index in [4.69, 9.17) is 20.8 Å². The number of ether oxygens (including phenoxy) is 1. The fourth-order valence-electron chi connectivity index (χ4n) is 2.47. The highest BCUT2D eigenvalue weighted by Crippen LogP contribution is 2.27. The molecule has 3 rings (SSSR count). The number of nitrogens with zero attached hydrogens (tertiary/aromatic N) is 2. The highest BCUT2D eigenvalue weighted by atomic mass is 35.5. The van der Waals surface area contributed by atoms with Crippen LogP contribution in [0.5, 0.6) is 5.75 Å². The predicted octanol–water partition coefficient (Wildman–Crippen LogP) is 4.18. The number of halogens is 1. The van der Waals surface area contributed by atoms with Gasteiger partial charge in [-0.3, -0.25) is 0 Å². The third-order valence-electron chi connectivity index (χ3n) is 3.50. The molecule has 1 aromatic carbocycles. The van der Waals surface area contributed by atoms with Crippen molar-refractivity contribution in [2.45, 2.75) is 25.3 Å². The molecule has 0 spiro atoms. The highest BCUT2D eigenvalue weighted by Gasteiger charge is 2.15. The average molecular weight is 305 g/mol. The number of hydrogen-bond donors (Lipinski definition) is 0. The molecule has 0 saturated carbocycles. The minimum absolute atomic E-state index is 0.153. The first kappa shape index (κ1) is 14.0. The smallest absolute Gasteiger partial charge is 0.127 e. The van der Waals surface area contributed by atoms with Crippen LogP contribution in [0.1, 0.15) is 23.9 Å². The second-order valence-electron chi connectivity index (χ2n) is 4.92. The standard InChI is InChI=1S/C16H17ClN2O2/c1-11(17)16-18-14-10-13(20-2)5-6-15(14)19(16)8-7-12-4-3-9-21-12/h3-6,9-11H,7-8H2,1-2H3. The second-order valence-corrected chi connectivity index (χ2v) is 5.58. The van der Waals surface area contributed by atoms with E-state index in [2.05, 4.69) is 9.55 Å². The van der Waals surface area contributed by atoms with E-state index in [0.29, 0.717) is 0 Å². The molecule has 0 amide bonds. The number of methoxy groups -OCH3 is 1. The molecule has 0 saturated heterocycles. The Bertz CT molecular complexity index is 732. The Balaban J connectivity index is 1.99. The monoisotopic (exact) mass is 304 g/mol. The van der Waals surface area contributed by atoms with Crippen molar-refractivity contribution in [2.75, 3.05) is 7.11 Å². The van der Waals surface area contributed by atoms with Crippen LogP contribution in [-0.4, -0.2) is 16.7 Å². The first-order chi connectivity index (χ1) is 10.2. The van der Waals surface area contributed by atoms with Gasteiger partial charge in [-0.15, -0.1) is 11.6 Å². The van der Waals surface area contributed by atoms with Gasteiger partial charge in [0.05, 0.1) is 29.8 Å². The molecule has 0 fully saturated rings. The molecule has 2 aromatic heterocycles. The molecule has 110 valence electrons.